The second-order valence-corrected chi connectivity index (χ2v) is 13.3. The molecule has 0 aromatic rings. The van der Waals surface area contributed by atoms with Crippen molar-refractivity contribution in [3.63, 3.8) is 0 Å². The molecule has 5 nitrogen and oxygen atoms in total. The Balaban J connectivity index is 3.69. The molecule has 1 unspecified atom stereocenters. The predicted octanol–water partition coefficient (Wildman–Crippen LogP) is 11.5. The first-order valence-corrected chi connectivity index (χ1v) is 19.2. The van der Waals surface area contributed by atoms with E-state index in [1.807, 2.05) is 0 Å². The van der Waals surface area contributed by atoms with Crippen molar-refractivity contribution in [3.05, 3.63) is 12.2 Å². The fraction of sp³-hybridized carbons (Fsp3) is 0.897. The molecule has 0 bridgehead atoms. The minimum Gasteiger partial charge on any atom is -0.393 e. The van der Waals surface area contributed by atoms with Crippen LogP contribution in [-0.2, 0) is 14.3 Å². The third-order valence-corrected chi connectivity index (χ3v) is 8.93. The van der Waals surface area contributed by atoms with Gasteiger partial charge in [0.05, 0.1) is 6.61 Å². The summed E-state index contributed by atoms with van der Waals surface area (Å²) in [5.74, 6) is -1.61. The Morgan fingerprint density at radius 1 is 0.523 bits per heavy atom. The van der Waals surface area contributed by atoms with Gasteiger partial charge in [-0.1, -0.05) is 174 Å². The molecule has 44 heavy (non-hydrogen) atoms. The van der Waals surface area contributed by atoms with Crippen molar-refractivity contribution >= 4 is 11.9 Å². The van der Waals surface area contributed by atoms with Crippen molar-refractivity contribution in [2.45, 2.75) is 218 Å². The summed E-state index contributed by atoms with van der Waals surface area (Å²) in [6, 6.07) is 0. The summed E-state index contributed by atoms with van der Waals surface area (Å²) in [5.41, 5.74) is -1.98. The smallest absolute Gasteiger partial charge is 0.348 e. The Kier molecular flexibility index (Phi) is 32.3. The van der Waals surface area contributed by atoms with Crippen LogP contribution in [0.4, 0.5) is 0 Å². The molecule has 2 N–H and O–H groups in total. The number of carbonyl (C=O) groups excluding carboxylic acids is 2. The Morgan fingerprint density at radius 2 is 0.864 bits per heavy atom. The summed E-state index contributed by atoms with van der Waals surface area (Å²) in [6.07, 6.45) is 40.2. The van der Waals surface area contributed by atoms with Crippen LogP contribution in [0.15, 0.2) is 12.2 Å². The Morgan fingerprint density at radius 3 is 1.25 bits per heavy atom. The molecule has 5 heteroatoms. The van der Waals surface area contributed by atoms with Crippen molar-refractivity contribution < 1.29 is 24.5 Å². The van der Waals surface area contributed by atoms with E-state index in [1.54, 1.807) is 0 Å². The maximum Gasteiger partial charge on any atom is 0.348 e. The number of allylic oxidation sites excluding steroid dienone is 2. The van der Waals surface area contributed by atoms with Gasteiger partial charge in [0.1, 0.15) is 0 Å². The lowest BCUT2D eigenvalue weighted by atomic mass is 9.96. The minimum atomic E-state index is -1.98. The minimum absolute atomic E-state index is 0.126. The zero-order valence-corrected chi connectivity index (χ0v) is 29.4. The van der Waals surface area contributed by atoms with Gasteiger partial charge in [-0.3, -0.25) is 4.79 Å². The molecule has 0 aromatic heterocycles. The molecule has 0 aliphatic carbocycles. The molecule has 0 amide bonds. The molecule has 0 saturated carbocycles. The van der Waals surface area contributed by atoms with Crippen molar-refractivity contribution in [2.24, 2.45) is 0 Å². The molecular formula is C39H74O5. The number of aliphatic hydroxyl groups excluding tert-OH is 1. The van der Waals surface area contributed by atoms with Gasteiger partial charge in [0.15, 0.2) is 5.60 Å². The molecule has 260 valence electrons. The van der Waals surface area contributed by atoms with Crippen molar-refractivity contribution in [1.82, 2.24) is 0 Å². The van der Waals surface area contributed by atoms with Crippen molar-refractivity contribution in [3.8, 4) is 0 Å². The van der Waals surface area contributed by atoms with Crippen LogP contribution < -0.4 is 0 Å². The lowest BCUT2D eigenvalue weighted by molar-refractivity contribution is -0.178. The average Bonchev–Trinajstić information content (AvgIpc) is 3.02. The number of rotatable bonds is 34. The van der Waals surface area contributed by atoms with Crippen LogP contribution in [0, 0.1) is 0 Å². The summed E-state index contributed by atoms with van der Waals surface area (Å²) in [6.45, 7) is 3.80. The summed E-state index contributed by atoms with van der Waals surface area (Å²) in [5, 5.41) is 20.2. The average molecular weight is 623 g/mol. The number of ether oxygens (including phenoxy) is 1. The van der Waals surface area contributed by atoms with Crippen LogP contribution in [0.3, 0.4) is 0 Å². The number of hydrogen-bond acceptors (Lipinski definition) is 5. The van der Waals surface area contributed by atoms with Gasteiger partial charge in [-0.15, -0.1) is 0 Å². The molecule has 0 heterocycles. The first-order chi connectivity index (χ1) is 21.5. The van der Waals surface area contributed by atoms with E-state index in [0.717, 1.165) is 44.9 Å². The third-order valence-electron chi connectivity index (χ3n) is 8.93. The first-order valence-electron chi connectivity index (χ1n) is 19.2. The zero-order chi connectivity index (χ0) is 32.4. The Labute approximate surface area is 273 Å². The highest BCUT2D eigenvalue weighted by Crippen LogP contribution is 2.20. The van der Waals surface area contributed by atoms with Gasteiger partial charge >= 0.3 is 11.9 Å². The van der Waals surface area contributed by atoms with Gasteiger partial charge < -0.3 is 14.9 Å². The van der Waals surface area contributed by atoms with Gasteiger partial charge in [-0.25, -0.2) is 4.79 Å². The summed E-state index contributed by atoms with van der Waals surface area (Å²) < 4.78 is 4.91. The SMILES string of the molecule is CCCCCCCCC=CCCCCCCCC(=O)OC(=O)C(O)(CO)CCCCCCCCCCCCCCCCCC. The van der Waals surface area contributed by atoms with Crippen molar-refractivity contribution in [1.29, 1.82) is 0 Å². The molecule has 0 aromatic carbocycles. The highest BCUT2D eigenvalue weighted by Gasteiger charge is 2.37. The van der Waals surface area contributed by atoms with Crippen LogP contribution in [0.2, 0.25) is 0 Å². The number of carbonyl (C=O) groups is 2. The fourth-order valence-corrected chi connectivity index (χ4v) is 5.80. The zero-order valence-electron chi connectivity index (χ0n) is 29.4. The van der Waals surface area contributed by atoms with Crippen LogP contribution in [0.5, 0.6) is 0 Å². The molecular weight excluding hydrogens is 548 g/mol. The molecule has 0 rings (SSSR count). The van der Waals surface area contributed by atoms with E-state index in [4.69, 9.17) is 4.74 Å². The van der Waals surface area contributed by atoms with E-state index in [2.05, 4.69) is 26.0 Å². The molecule has 0 aliphatic rings. The number of esters is 2. The van der Waals surface area contributed by atoms with Gasteiger partial charge in [-0.2, -0.15) is 0 Å². The van der Waals surface area contributed by atoms with Gasteiger partial charge in [-0.05, 0) is 44.9 Å². The molecule has 0 aliphatic heterocycles. The van der Waals surface area contributed by atoms with Crippen LogP contribution in [0.25, 0.3) is 0 Å². The van der Waals surface area contributed by atoms with Crippen LogP contribution >= 0.6 is 0 Å². The van der Waals surface area contributed by atoms with E-state index in [-0.39, 0.29) is 12.8 Å². The van der Waals surface area contributed by atoms with E-state index in [1.165, 1.54) is 128 Å². The molecule has 0 fully saturated rings. The van der Waals surface area contributed by atoms with E-state index in [0.29, 0.717) is 12.8 Å². The fourth-order valence-electron chi connectivity index (χ4n) is 5.80. The first kappa shape index (κ1) is 42.8. The molecule has 0 radical (unpaired) electrons. The number of aliphatic hydroxyl groups is 2. The molecule has 0 spiro atoms. The summed E-state index contributed by atoms with van der Waals surface area (Å²) in [7, 11) is 0. The lowest BCUT2D eigenvalue weighted by Gasteiger charge is -2.23. The third kappa shape index (κ3) is 28.3. The van der Waals surface area contributed by atoms with Gasteiger partial charge in [0, 0.05) is 6.42 Å². The monoisotopic (exact) mass is 623 g/mol. The topological polar surface area (TPSA) is 83.8 Å². The second kappa shape index (κ2) is 33.2. The Bertz CT molecular complexity index is 661. The van der Waals surface area contributed by atoms with E-state index < -0.39 is 24.1 Å². The maximum atomic E-state index is 12.4. The molecule has 1 atom stereocenters. The van der Waals surface area contributed by atoms with Crippen LogP contribution in [0.1, 0.15) is 213 Å². The van der Waals surface area contributed by atoms with Crippen molar-refractivity contribution in [2.75, 3.05) is 6.61 Å². The standard InChI is InChI=1S/C39H74O5/c1-3-5-7-9-11-13-15-17-19-21-23-25-27-29-31-33-35-39(43,36-40)38(42)44-37(41)34-32-30-28-26-24-22-20-18-16-14-12-10-8-6-4-2/h18,20,40,43H,3-17,19,21-36H2,1-2H3. The van der Waals surface area contributed by atoms with Gasteiger partial charge in [0.2, 0.25) is 0 Å². The predicted molar refractivity (Wildman–Crippen MR) is 187 cm³/mol. The number of unbranched alkanes of at least 4 members (excludes halogenated alkanes) is 26. The van der Waals surface area contributed by atoms with E-state index >= 15 is 0 Å². The highest BCUT2D eigenvalue weighted by molar-refractivity contribution is 5.90. The van der Waals surface area contributed by atoms with E-state index in [9.17, 15) is 19.8 Å². The largest absolute Gasteiger partial charge is 0.393 e. The number of hydrogen-bond donors (Lipinski definition) is 2. The summed E-state index contributed by atoms with van der Waals surface area (Å²) in [4.78, 5) is 24.5. The summed E-state index contributed by atoms with van der Waals surface area (Å²) >= 11 is 0. The maximum absolute atomic E-state index is 12.4. The quantitative estimate of drug-likeness (QED) is 0.0323. The normalized spacial score (nSPS) is 13.0. The van der Waals surface area contributed by atoms with Gasteiger partial charge in [0.25, 0.3) is 0 Å². The lowest BCUT2D eigenvalue weighted by Crippen LogP contribution is -2.44. The van der Waals surface area contributed by atoms with Crippen LogP contribution in [-0.4, -0.2) is 34.4 Å². The molecule has 0 saturated heterocycles. The second-order valence-electron chi connectivity index (χ2n) is 13.3. The Hall–Kier alpha value is -1.20. The highest BCUT2D eigenvalue weighted by atomic mass is 16.6.